The molecule has 5 nitrogen and oxygen atoms in total. The molecular formula is C22H31ClO5. The van der Waals surface area contributed by atoms with Crippen LogP contribution in [0.2, 0.25) is 0 Å². The van der Waals surface area contributed by atoms with Gasteiger partial charge < -0.3 is 14.9 Å². The van der Waals surface area contributed by atoms with Crippen molar-refractivity contribution in [1.29, 1.82) is 0 Å². The second-order valence-electron chi connectivity index (χ2n) is 9.85. The Labute approximate surface area is 171 Å². The van der Waals surface area contributed by atoms with Crippen molar-refractivity contribution in [3.8, 4) is 0 Å². The Hall–Kier alpha value is -0.910. The van der Waals surface area contributed by atoms with Gasteiger partial charge in [-0.1, -0.05) is 37.4 Å². The third kappa shape index (κ3) is 2.73. The smallest absolute Gasteiger partial charge is 0.318 e. The maximum absolute atomic E-state index is 12.8. The summed E-state index contributed by atoms with van der Waals surface area (Å²) in [6.07, 6.45) is 7.14. The quantitative estimate of drug-likeness (QED) is 0.424. The summed E-state index contributed by atoms with van der Waals surface area (Å²) in [5, 5.41) is 21.6. The number of ketones is 1. The fraction of sp³-hybridized carbons (Fsp3) is 0.818. The standard InChI is InChI=1S/C22H31ClO5/c1-21-7-3-4-14(21)13-6-5-12-8-16(25)18(20(27)28-11-23)15(10-24)22(12,2)19(13)17(26)9-21/h8,13-15,17-19,24,26H,3-7,9-11H2,1-2H3/t13-,14-,15?,17?,18?,19-,21-,22+/m0/s1. The number of carbonyl (C=O) groups excluding carboxylic acids is 2. The molecule has 4 rings (SSSR count). The van der Waals surface area contributed by atoms with Gasteiger partial charge in [0.25, 0.3) is 0 Å². The summed E-state index contributed by atoms with van der Waals surface area (Å²) in [6.45, 7) is 4.07. The van der Waals surface area contributed by atoms with Crippen molar-refractivity contribution in [1.82, 2.24) is 0 Å². The second-order valence-corrected chi connectivity index (χ2v) is 10.1. The van der Waals surface area contributed by atoms with Crippen LogP contribution in [0.3, 0.4) is 0 Å². The molecule has 3 saturated carbocycles. The van der Waals surface area contributed by atoms with Crippen molar-refractivity contribution < 1.29 is 24.5 Å². The SMILES string of the molecule is C[C@@]12CCC[C@H]1[C@@H]1CCC3=CC(=O)C(C(=O)OCCl)C(CO)[C@]3(C)[C@@H]1C(O)C2. The lowest BCUT2D eigenvalue weighted by atomic mass is 9.43. The predicted octanol–water partition coefficient (Wildman–Crippen LogP) is 3.06. The molecule has 6 heteroatoms. The number of halogens is 1. The average Bonchev–Trinajstić information content (AvgIpc) is 3.02. The van der Waals surface area contributed by atoms with Gasteiger partial charge in [0.05, 0.1) is 6.10 Å². The molecule has 156 valence electrons. The van der Waals surface area contributed by atoms with E-state index in [4.69, 9.17) is 16.3 Å². The zero-order valence-corrected chi connectivity index (χ0v) is 17.5. The Kier molecular flexibility index (Phi) is 5.17. The van der Waals surface area contributed by atoms with Crippen molar-refractivity contribution in [2.24, 2.45) is 40.4 Å². The van der Waals surface area contributed by atoms with E-state index in [1.165, 1.54) is 12.8 Å². The van der Waals surface area contributed by atoms with Gasteiger partial charge in [0.15, 0.2) is 11.8 Å². The van der Waals surface area contributed by atoms with Crippen LogP contribution < -0.4 is 0 Å². The van der Waals surface area contributed by atoms with Gasteiger partial charge in [0.2, 0.25) is 0 Å². The summed E-state index contributed by atoms with van der Waals surface area (Å²) in [6, 6.07) is -0.316. The van der Waals surface area contributed by atoms with E-state index in [9.17, 15) is 19.8 Å². The maximum atomic E-state index is 12.8. The van der Waals surface area contributed by atoms with E-state index >= 15 is 0 Å². The number of fused-ring (bicyclic) bond motifs is 5. The van der Waals surface area contributed by atoms with E-state index in [0.717, 1.165) is 31.3 Å². The number of carbonyl (C=O) groups is 2. The van der Waals surface area contributed by atoms with Crippen LogP contribution in [0, 0.1) is 40.4 Å². The summed E-state index contributed by atoms with van der Waals surface area (Å²) < 4.78 is 4.96. The molecule has 28 heavy (non-hydrogen) atoms. The van der Waals surface area contributed by atoms with Gasteiger partial charge in [-0.25, -0.2) is 0 Å². The monoisotopic (exact) mass is 410 g/mol. The molecule has 3 fully saturated rings. The number of hydrogen-bond acceptors (Lipinski definition) is 5. The Morgan fingerprint density at radius 3 is 2.79 bits per heavy atom. The zero-order valence-electron chi connectivity index (χ0n) is 16.7. The van der Waals surface area contributed by atoms with Gasteiger partial charge in [-0.3, -0.25) is 9.59 Å². The highest BCUT2D eigenvalue weighted by Gasteiger charge is 2.64. The normalized spacial score (nSPS) is 47.6. The van der Waals surface area contributed by atoms with E-state index in [1.54, 1.807) is 6.08 Å². The van der Waals surface area contributed by atoms with Crippen molar-refractivity contribution in [2.75, 3.05) is 12.7 Å². The lowest BCUT2D eigenvalue weighted by molar-refractivity contribution is -0.168. The molecule has 0 aromatic rings. The van der Waals surface area contributed by atoms with Crippen LogP contribution >= 0.6 is 11.6 Å². The first kappa shape index (κ1) is 20.4. The molecular weight excluding hydrogens is 380 g/mol. The summed E-state index contributed by atoms with van der Waals surface area (Å²) in [4.78, 5) is 25.3. The van der Waals surface area contributed by atoms with Gasteiger partial charge in [-0.15, -0.1) is 0 Å². The van der Waals surface area contributed by atoms with Crippen molar-refractivity contribution in [2.45, 2.75) is 58.5 Å². The minimum absolute atomic E-state index is 0.0553. The number of esters is 1. The van der Waals surface area contributed by atoms with Crippen LogP contribution in [0.5, 0.6) is 0 Å². The molecule has 4 aliphatic carbocycles. The molecule has 0 aromatic carbocycles. The summed E-state index contributed by atoms with van der Waals surface area (Å²) in [7, 11) is 0. The number of allylic oxidation sites excluding steroid dienone is 1. The number of aliphatic hydroxyl groups is 2. The third-order valence-corrected chi connectivity index (χ3v) is 8.91. The topological polar surface area (TPSA) is 83.8 Å². The van der Waals surface area contributed by atoms with E-state index in [1.807, 2.05) is 6.92 Å². The minimum Gasteiger partial charge on any atom is -0.449 e. The molecule has 0 aliphatic heterocycles. The molecule has 0 spiro atoms. The number of aliphatic hydroxyl groups excluding tert-OH is 2. The van der Waals surface area contributed by atoms with Gasteiger partial charge in [0, 0.05) is 17.9 Å². The third-order valence-electron chi connectivity index (χ3n) is 8.80. The van der Waals surface area contributed by atoms with Gasteiger partial charge >= 0.3 is 5.97 Å². The first-order valence-corrected chi connectivity index (χ1v) is 11.1. The van der Waals surface area contributed by atoms with Gasteiger partial charge in [-0.05, 0) is 61.3 Å². The van der Waals surface area contributed by atoms with Crippen LogP contribution in [-0.4, -0.2) is 40.7 Å². The van der Waals surface area contributed by atoms with E-state index < -0.39 is 29.3 Å². The molecule has 8 atom stereocenters. The minimum atomic E-state index is -1.06. The van der Waals surface area contributed by atoms with E-state index in [2.05, 4.69) is 6.92 Å². The first-order valence-electron chi connectivity index (χ1n) is 10.5. The van der Waals surface area contributed by atoms with Crippen LogP contribution in [0.25, 0.3) is 0 Å². The highest BCUT2D eigenvalue weighted by Crippen LogP contribution is 2.66. The zero-order chi connectivity index (χ0) is 20.3. The lowest BCUT2D eigenvalue weighted by Crippen LogP contribution is -2.61. The van der Waals surface area contributed by atoms with Crippen LogP contribution in [0.15, 0.2) is 11.6 Å². The van der Waals surface area contributed by atoms with Crippen molar-refractivity contribution >= 4 is 23.4 Å². The predicted molar refractivity (Wildman–Crippen MR) is 104 cm³/mol. The number of alkyl halides is 1. The second kappa shape index (κ2) is 7.10. The molecule has 0 bridgehead atoms. The molecule has 2 N–H and O–H groups in total. The fourth-order valence-corrected chi connectivity index (χ4v) is 7.76. The van der Waals surface area contributed by atoms with Crippen molar-refractivity contribution in [3.63, 3.8) is 0 Å². The first-order chi connectivity index (χ1) is 13.3. The highest BCUT2D eigenvalue weighted by atomic mass is 35.5. The summed E-state index contributed by atoms with van der Waals surface area (Å²) >= 11 is 5.56. The largest absolute Gasteiger partial charge is 0.449 e. The van der Waals surface area contributed by atoms with Crippen LogP contribution in [0.4, 0.5) is 0 Å². The lowest BCUT2D eigenvalue weighted by Gasteiger charge is -2.61. The van der Waals surface area contributed by atoms with E-state index in [0.29, 0.717) is 11.8 Å². The molecule has 0 aromatic heterocycles. The Balaban J connectivity index is 1.78. The number of ether oxygens (including phenoxy) is 1. The molecule has 0 saturated heterocycles. The van der Waals surface area contributed by atoms with Crippen molar-refractivity contribution in [3.05, 3.63) is 11.6 Å². The van der Waals surface area contributed by atoms with Gasteiger partial charge in [-0.2, -0.15) is 0 Å². The summed E-state index contributed by atoms with van der Waals surface area (Å²) in [5.41, 5.74) is 0.563. The number of rotatable bonds is 3. The molecule has 0 radical (unpaired) electrons. The Morgan fingerprint density at radius 1 is 1.36 bits per heavy atom. The Bertz CT molecular complexity index is 705. The average molecular weight is 411 g/mol. The van der Waals surface area contributed by atoms with Crippen LogP contribution in [-0.2, 0) is 14.3 Å². The molecule has 0 amide bonds. The number of hydrogen-bond donors (Lipinski definition) is 2. The molecule has 0 heterocycles. The maximum Gasteiger partial charge on any atom is 0.318 e. The van der Waals surface area contributed by atoms with E-state index in [-0.39, 0.29) is 29.8 Å². The molecule has 4 aliphatic rings. The van der Waals surface area contributed by atoms with Crippen LogP contribution in [0.1, 0.15) is 52.4 Å². The summed E-state index contributed by atoms with van der Waals surface area (Å²) in [5.74, 6) is -1.77. The fourth-order valence-electron chi connectivity index (χ4n) is 7.65. The Morgan fingerprint density at radius 2 is 2.11 bits per heavy atom. The highest BCUT2D eigenvalue weighted by molar-refractivity contribution is 6.18. The molecule has 3 unspecified atom stereocenters. The van der Waals surface area contributed by atoms with Gasteiger partial charge in [0.1, 0.15) is 5.92 Å².